The van der Waals surface area contributed by atoms with Crippen LogP contribution in [0.25, 0.3) is 21.6 Å². The van der Waals surface area contributed by atoms with Gasteiger partial charge in [-0.2, -0.15) is 4.79 Å². The normalized spacial score (nSPS) is 11.7. The molecule has 11 aromatic rings. The van der Waals surface area contributed by atoms with Crippen molar-refractivity contribution in [1.29, 1.82) is 0 Å². The Kier molecular flexibility index (Phi) is 52.0. The first-order chi connectivity index (χ1) is 52.3. The van der Waals surface area contributed by atoms with Gasteiger partial charge in [0.05, 0.1) is 11.0 Å². The van der Waals surface area contributed by atoms with Crippen LogP contribution in [-0.2, 0) is 9.05 Å². The minimum absolute atomic E-state index is 0. The third kappa shape index (κ3) is 54.9. The van der Waals surface area contributed by atoms with E-state index in [1.54, 1.807) is 38.5 Å². The van der Waals surface area contributed by atoms with Gasteiger partial charge in [-0.15, -0.1) is 0 Å². The number of methoxy groups -OCH3 is 1. The Bertz CT molecular complexity index is 4640. The summed E-state index contributed by atoms with van der Waals surface area (Å²) in [6, 6.07) is 102. The number of nitrogens with zero attached hydrogens (tertiary/aromatic N) is 3. The van der Waals surface area contributed by atoms with E-state index in [9.17, 15) is 101 Å². The number of nitro benzene ring substituents is 1. The van der Waals surface area contributed by atoms with E-state index in [-0.39, 0.29) is 157 Å². The number of Topliss-reactive ketones (excluding diaryl/α,β-unsaturated/α-hetero) is 1. The zero-order chi connectivity index (χ0) is 83.6. The Labute approximate surface area is 711 Å². The number of non-ortho nitro benzene ring substituents is 1. The minimum atomic E-state index is -10.7. The van der Waals surface area contributed by atoms with Crippen LogP contribution >= 0.6 is 18.5 Å². The van der Waals surface area contributed by atoms with Crippen molar-refractivity contribution < 1.29 is 231 Å². The number of halogens is 30. The molecule has 0 saturated carbocycles. The van der Waals surface area contributed by atoms with Gasteiger partial charge < -0.3 is 24.3 Å². The van der Waals surface area contributed by atoms with Gasteiger partial charge in [0.1, 0.15) is 0 Å². The molecule has 1 aliphatic heterocycles. The van der Waals surface area contributed by atoms with Gasteiger partial charge in [0.25, 0.3) is 14.8 Å². The van der Waals surface area contributed by atoms with Crippen molar-refractivity contribution in [3.05, 3.63) is 372 Å². The maximum atomic E-state index is 11.7. The third-order valence-corrected chi connectivity index (χ3v) is 27.0. The van der Waals surface area contributed by atoms with Crippen molar-refractivity contribution in [2.75, 3.05) is 7.11 Å². The number of benzene rings is 11. The summed E-state index contributed by atoms with van der Waals surface area (Å²) in [4.78, 5) is 24.4. The van der Waals surface area contributed by atoms with E-state index in [2.05, 4.69) is 229 Å². The van der Waals surface area contributed by atoms with Crippen molar-refractivity contribution in [3.8, 4) is 16.9 Å². The molecule has 1 heterocycles. The number of ether oxygens (including phenoxy) is 1. The van der Waals surface area contributed by atoms with Crippen molar-refractivity contribution in [2.24, 2.45) is 0 Å². The molecule has 0 spiro atoms. The van der Waals surface area contributed by atoms with E-state index in [1.165, 1.54) is 51.8 Å². The zero-order valence-electron chi connectivity index (χ0n) is 58.1. The van der Waals surface area contributed by atoms with Crippen LogP contribution in [0.15, 0.2) is 309 Å². The summed E-state index contributed by atoms with van der Waals surface area (Å²) in [5.41, 5.74) is 11.7. The summed E-state index contributed by atoms with van der Waals surface area (Å²) in [5, 5.41) is 10.5. The molecule has 0 atom stereocenters. The molecule has 0 bridgehead atoms. The van der Waals surface area contributed by atoms with Gasteiger partial charge in [-0.05, 0) is 0 Å². The van der Waals surface area contributed by atoms with Gasteiger partial charge in [0, 0.05) is 21.8 Å². The van der Waals surface area contributed by atoms with Gasteiger partial charge >= 0.3 is 566 Å². The van der Waals surface area contributed by atoms with Crippen molar-refractivity contribution in [1.82, 2.24) is 0 Å². The molecule has 2 aliphatic rings. The average Bonchev–Trinajstić information content (AvgIpc) is 1.22. The van der Waals surface area contributed by atoms with E-state index >= 15 is 0 Å². The fourth-order valence-corrected chi connectivity index (χ4v) is 20.8. The summed E-state index contributed by atoms with van der Waals surface area (Å²) < 4.78 is 238. The van der Waals surface area contributed by atoms with Crippen LogP contribution in [-0.4, -0.2) is 79.7 Å². The Balaban J connectivity index is 0. The average molecular weight is 2390 g/mol. The van der Waals surface area contributed by atoms with E-state index in [0.29, 0.717) is 0 Å². The second-order valence-electron chi connectivity index (χ2n) is 20.2. The molecule has 116 heavy (non-hydrogen) atoms. The number of hydrogen-bond acceptors (Lipinski definition) is 6. The second-order valence-corrected chi connectivity index (χ2v) is 43.3. The molecule has 0 saturated heterocycles. The number of nitro groups is 1. The zero-order valence-corrected chi connectivity index (χ0v) is 73.9. The Morgan fingerprint density at radius 2 is 0.629 bits per heavy atom. The third-order valence-electron chi connectivity index (χ3n) is 11.9. The Morgan fingerprint density at radius 3 is 0.862 bits per heavy atom. The molecule has 9 nitrogen and oxygen atoms in total. The number of ketones is 1. The van der Waals surface area contributed by atoms with Gasteiger partial charge in [0.15, 0.2) is 0 Å². The van der Waals surface area contributed by atoms with E-state index in [1.807, 2.05) is 42.5 Å². The SMILES string of the molecule is COc1ccc([I-]c2ccccc2)cc1.FB(F)F.FB(F)F.FB(F)F.F[P-](F)(F)(F)(F)F.O=[N+]([O-])c1ccc([I-]c2ccccc2)cc1.[F-].[F-].[F-].[F-].[F][Sb]([F])([F])([F])[F].[N-]=[N+]=C1C=C(S(=O)(=O)Cl)c2ccccc2C1=O.c1ccc([I-]c2ccccc2)cc1.c1ccc([I-]c2ccccc2)cc1.c1ccc2c(c1)[I-]c1ccccc1-2. The molecule has 11 aromatic carbocycles. The second kappa shape index (κ2) is 54.3. The Morgan fingerprint density at radius 1 is 0.414 bits per heavy atom. The fraction of sp³-hybridized carbons (Fsp3) is 0.0141. The molecule has 0 radical (unpaired) electrons. The Hall–Kier alpha value is -6.94. The molecule has 45 heteroatoms. The molecule has 0 unspecified atom stereocenters. The van der Waals surface area contributed by atoms with Gasteiger partial charge in [-0.3, -0.25) is 43.6 Å². The van der Waals surface area contributed by atoms with Crippen molar-refractivity contribution >= 4 is 92.6 Å². The molecule has 0 fully saturated rings. The van der Waals surface area contributed by atoms with E-state index in [4.69, 9.17) is 21.0 Å². The number of carbonyl (C=O) groups excluding carboxylic acids is 1. The van der Waals surface area contributed by atoms with Crippen molar-refractivity contribution in [3.63, 3.8) is 0 Å². The summed E-state index contributed by atoms with van der Waals surface area (Å²) in [6.07, 6.45) is 0.951. The predicted octanol–water partition coefficient (Wildman–Crippen LogP) is -3.81. The van der Waals surface area contributed by atoms with Gasteiger partial charge in [0.2, 0.25) is 0 Å². The van der Waals surface area contributed by atoms with Gasteiger partial charge in [-0.1, -0.05) is 24.3 Å². The van der Waals surface area contributed by atoms with E-state index < -0.39 is 65.6 Å². The first-order valence-corrected chi connectivity index (χ1v) is 50.3. The molecule has 1 aliphatic carbocycles. The van der Waals surface area contributed by atoms with Crippen LogP contribution in [0.2, 0.25) is 0 Å². The van der Waals surface area contributed by atoms with Crippen LogP contribution in [0.3, 0.4) is 0 Å². The number of rotatable bonds is 11. The number of allylic oxidation sites excluding steroid dienone is 1. The monoisotopic (exact) mass is 2390 g/mol. The topological polar surface area (TPSA) is 140 Å². The first-order valence-electron chi connectivity index (χ1n) is 30.4. The number of fused-ring (bicyclic) bond motifs is 4. The van der Waals surface area contributed by atoms with Crippen LogP contribution < -0.4 is 130 Å². The molecule has 634 valence electrons. The van der Waals surface area contributed by atoms with Crippen LogP contribution in [0.5, 0.6) is 5.75 Å². The molecule has 0 amide bonds. The summed E-state index contributed by atoms with van der Waals surface area (Å²) in [6.45, 7) is 0. The quantitative estimate of drug-likeness (QED) is 0.0150. The first kappa shape index (κ1) is 111. The molecule has 0 N–H and O–H groups in total. The summed E-state index contributed by atoms with van der Waals surface area (Å²) >= 11 is -9.30. The standard InChI is InChI=1S/C13H12IO.C12H9INO2.C12H8I.2C12H10I.C10H5ClN2O3S.3BF3.F6P.9FH.Sb/c1-15-13-9-7-12(8-10-13)14-11-5-3-2-4-6-11;15-14(16)12-8-6-11(7-9-12)13-10-4-2-1-3-5-10;1-3-7-11-9(5-1)10-6-2-4-8-12(10)13-11;2*1-3-7-11(8-4-1)13-12-9-5-2-6-10-12;11-17(15,16)9-5-8(13-12)10(14)7-4-2-1-3-6(7)9;3*2-1(3)4;1-7(2,3,4,5)6;;;;;;;;;;/h2-10H,1H3;1-9H;1-8H;2*1-10H;1-5H;;;;;9*1H;/q5*-1;;;;;-1;;;;;;;;;;+5/p-9. The van der Waals surface area contributed by atoms with E-state index in [0.717, 1.165) is 11.8 Å². The van der Waals surface area contributed by atoms with Crippen LogP contribution in [0.1, 0.15) is 15.9 Å². The fourth-order valence-electron chi connectivity index (χ4n) is 7.84. The molecular formula is C71H54B3ClF24I5N3O6PSSb-10. The predicted molar refractivity (Wildman–Crippen MR) is 378 cm³/mol. The molecule has 13 rings (SSSR count). The van der Waals surface area contributed by atoms with Crippen LogP contribution in [0, 0.1) is 45.8 Å². The maximum absolute atomic E-state index is 11.7. The number of hydrogen-bond donors (Lipinski definition) is 0. The van der Waals surface area contributed by atoms with Crippen molar-refractivity contribution in [2.45, 2.75) is 0 Å². The summed E-state index contributed by atoms with van der Waals surface area (Å²) in [7, 11) is -18.7. The molecule has 0 aromatic heterocycles. The number of carbonyl (C=O) groups is 1. The van der Waals surface area contributed by atoms with Gasteiger partial charge in [-0.25, -0.2) is 8.42 Å². The van der Waals surface area contributed by atoms with Crippen LogP contribution in [0.4, 0.5) is 83.8 Å². The molecular weight excluding hydrogens is 2330 g/mol. The summed E-state index contributed by atoms with van der Waals surface area (Å²) in [5.74, 6) is 0.378.